The highest BCUT2D eigenvalue weighted by atomic mass is 32.2. The Morgan fingerprint density at radius 3 is 2.58 bits per heavy atom. The number of nitrogens with one attached hydrogen (secondary N) is 1. The fourth-order valence-corrected chi connectivity index (χ4v) is 2.41. The van der Waals surface area contributed by atoms with Gasteiger partial charge in [-0.15, -0.1) is 0 Å². The third-order valence-corrected chi connectivity index (χ3v) is 3.84. The number of hydrogen-bond acceptors (Lipinski definition) is 4. The van der Waals surface area contributed by atoms with Crippen molar-refractivity contribution in [3.05, 3.63) is 29.6 Å². The van der Waals surface area contributed by atoms with Crippen LogP contribution in [0.1, 0.15) is 17.3 Å². The zero-order valence-electron chi connectivity index (χ0n) is 10.1. The van der Waals surface area contributed by atoms with Gasteiger partial charge in [-0.2, -0.15) is 0 Å². The predicted molar refractivity (Wildman–Crippen MR) is 64.8 cm³/mol. The Labute approximate surface area is 109 Å². The summed E-state index contributed by atoms with van der Waals surface area (Å²) in [4.78, 5) is 10.2. The average Bonchev–Trinajstić information content (AvgIpc) is 2.35. The van der Waals surface area contributed by atoms with Gasteiger partial charge in [0, 0.05) is 13.2 Å². The lowest BCUT2D eigenvalue weighted by molar-refractivity contribution is 0.0691. The van der Waals surface area contributed by atoms with E-state index in [0.717, 1.165) is 12.1 Å². The molecule has 0 aliphatic carbocycles. The van der Waals surface area contributed by atoms with Crippen molar-refractivity contribution >= 4 is 16.0 Å². The zero-order valence-corrected chi connectivity index (χ0v) is 10.9. The molecule has 0 spiro atoms. The molecule has 1 aromatic rings. The second kappa shape index (κ2) is 6.09. The third kappa shape index (κ3) is 3.98. The molecule has 0 aliphatic heterocycles. The molecular weight excluding hydrogens is 277 g/mol. The van der Waals surface area contributed by atoms with Crippen molar-refractivity contribution in [2.75, 3.05) is 13.2 Å². The standard InChI is InChI=1S/C11H14FNO5S/c1-7(6-14)5-13-19(17,18)8-2-3-9(11(15)16)10(12)4-8/h2-4,7,13-14H,5-6H2,1H3,(H,15,16). The lowest BCUT2D eigenvalue weighted by Crippen LogP contribution is -2.29. The minimum atomic E-state index is -3.92. The lowest BCUT2D eigenvalue weighted by atomic mass is 10.2. The first-order valence-corrected chi connectivity index (χ1v) is 6.89. The van der Waals surface area contributed by atoms with E-state index in [1.807, 2.05) is 0 Å². The number of hydrogen-bond donors (Lipinski definition) is 3. The Morgan fingerprint density at radius 2 is 2.11 bits per heavy atom. The maximum atomic E-state index is 13.4. The van der Waals surface area contributed by atoms with Crippen molar-refractivity contribution in [3.8, 4) is 0 Å². The molecule has 1 rings (SSSR count). The number of sulfonamides is 1. The summed E-state index contributed by atoms with van der Waals surface area (Å²) in [6, 6.07) is 2.55. The molecule has 0 radical (unpaired) electrons. The molecule has 0 saturated heterocycles. The molecule has 0 heterocycles. The van der Waals surface area contributed by atoms with Gasteiger partial charge >= 0.3 is 5.97 Å². The summed E-state index contributed by atoms with van der Waals surface area (Å²) in [6.45, 7) is 1.45. The van der Waals surface area contributed by atoms with Gasteiger partial charge in [0.1, 0.15) is 5.82 Å². The van der Waals surface area contributed by atoms with Gasteiger partial charge < -0.3 is 10.2 Å². The van der Waals surface area contributed by atoms with Crippen LogP contribution in [0.25, 0.3) is 0 Å². The largest absolute Gasteiger partial charge is 0.478 e. The van der Waals surface area contributed by atoms with Crippen LogP contribution in [0.4, 0.5) is 4.39 Å². The number of carbonyl (C=O) groups is 1. The molecular formula is C11H14FNO5S. The number of aliphatic hydroxyl groups is 1. The topological polar surface area (TPSA) is 104 Å². The van der Waals surface area contributed by atoms with Crippen LogP contribution in [0.5, 0.6) is 0 Å². The van der Waals surface area contributed by atoms with Gasteiger partial charge in [0.2, 0.25) is 10.0 Å². The van der Waals surface area contributed by atoms with Crippen LogP contribution in [0.2, 0.25) is 0 Å². The van der Waals surface area contributed by atoms with Gasteiger partial charge in [-0.05, 0) is 24.1 Å². The number of carboxylic acid groups (broad SMARTS) is 1. The number of rotatable bonds is 6. The van der Waals surface area contributed by atoms with Crippen LogP contribution < -0.4 is 4.72 Å². The predicted octanol–water partition coefficient (Wildman–Crippen LogP) is 0.431. The van der Waals surface area contributed by atoms with Crippen LogP contribution in [-0.2, 0) is 10.0 Å². The summed E-state index contributed by atoms with van der Waals surface area (Å²) in [6.07, 6.45) is 0. The van der Waals surface area contributed by atoms with Crippen molar-refractivity contribution in [1.29, 1.82) is 0 Å². The zero-order chi connectivity index (χ0) is 14.6. The van der Waals surface area contributed by atoms with Crippen LogP contribution >= 0.6 is 0 Å². The van der Waals surface area contributed by atoms with E-state index in [1.165, 1.54) is 0 Å². The molecule has 0 aromatic heterocycles. The minimum absolute atomic E-state index is 0.00113. The molecule has 0 fully saturated rings. The van der Waals surface area contributed by atoms with E-state index in [0.29, 0.717) is 6.07 Å². The van der Waals surface area contributed by atoms with E-state index < -0.39 is 27.4 Å². The van der Waals surface area contributed by atoms with E-state index in [-0.39, 0.29) is 24.0 Å². The molecule has 1 aromatic carbocycles. The summed E-state index contributed by atoms with van der Waals surface area (Å²) in [7, 11) is -3.92. The summed E-state index contributed by atoms with van der Waals surface area (Å²) in [5, 5.41) is 17.4. The second-order valence-electron chi connectivity index (χ2n) is 4.09. The molecule has 3 N–H and O–H groups in total. The average molecular weight is 291 g/mol. The number of halogens is 1. The third-order valence-electron chi connectivity index (χ3n) is 2.41. The first-order valence-electron chi connectivity index (χ1n) is 5.41. The second-order valence-corrected chi connectivity index (χ2v) is 5.85. The maximum Gasteiger partial charge on any atom is 0.338 e. The Kier molecular flexibility index (Phi) is 4.98. The van der Waals surface area contributed by atoms with E-state index in [9.17, 15) is 17.6 Å². The van der Waals surface area contributed by atoms with Crippen molar-refractivity contribution in [1.82, 2.24) is 4.72 Å². The van der Waals surface area contributed by atoms with Crippen molar-refractivity contribution in [2.45, 2.75) is 11.8 Å². The van der Waals surface area contributed by atoms with E-state index in [2.05, 4.69) is 4.72 Å². The van der Waals surface area contributed by atoms with Gasteiger partial charge in [-0.1, -0.05) is 6.92 Å². The molecule has 19 heavy (non-hydrogen) atoms. The molecule has 6 nitrogen and oxygen atoms in total. The van der Waals surface area contributed by atoms with Gasteiger partial charge in [0.05, 0.1) is 10.5 Å². The normalized spacial score (nSPS) is 13.2. The molecule has 8 heteroatoms. The Balaban J connectivity index is 2.96. The van der Waals surface area contributed by atoms with Crippen molar-refractivity contribution in [2.24, 2.45) is 5.92 Å². The number of aromatic carboxylic acids is 1. The molecule has 0 bridgehead atoms. The molecule has 1 atom stereocenters. The molecule has 106 valence electrons. The minimum Gasteiger partial charge on any atom is -0.478 e. The Hall–Kier alpha value is -1.51. The van der Waals surface area contributed by atoms with Crippen LogP contribution in [0.3, 0.4) is 0 Å². The quantitative estimate of drug-likeness (QED) is 0.705. The Bertz CT molecular complexity index is 572. The first-order chi connectivity index (χ1) is 8.77. The number of carboxylic acids is 1. The number of aliphatic hydroxyl groups excluding tert-OH is 1. The van der Waals surface area contributed by atoms with Gasteiger partial charge in [-0.25, -0.2) is 22.3 Å². The maximum absolute atomic E-state index is 13.4. The van der Waals surface area contributed by atoms with Crippen LogP contribution in [0, 0.1) is 11.7 Å². The molecule has 1 unspecified atom stereocenters. The molecule has 0 saturated carbocycles. The monoisotopic (exact) mass is 291 g/mol. The first kappa shape index (κ1) is 15.5. The highest BCUT2D eigenvalue weighted by Gasteiger charge is 2.18. The summed E-state index contributed by atoms with van der Waals surface area (Å²) >= 11 is 0. The van der Waals surface area contributed by atoms with Gasteiger partial charge in [0.25, 0.3) is 0 Å². The fourth-order valence-electron chi connectivity index (χ4n) is 1.24. The van der Waals surface area contributed by atoms with Crippen LogP contribution in [-0.4, -0.2) is 37.8 Å². The Morgan fingerprint density at radius 1 is 1.47 bits per heavy atom. The van der Waals surface area contributed by atoms with Gasteiger partial charge in [-0.3, -0.25) is 0 Å². The SMILES string of the molecule is CC(CO)CNS(=O)(=O)c1ccc(C(=O)O)c(F)c1. The summed E-state index contributed by atoms with van der Waals surface area (Å²) in [5.74, 6) is -2.87. The molecule has 0 amide bonds. The van der Waals surface area contributed by atoms with Crippen molar-refractivity contribution < 1.29 is 27.8 Å². The number of benzene rings is 1. The van der Waals surface area contributed by atoms with E-state index in [4.69, 9.17) is 10.2 Å². The van der Waals surface area contributed by atoms with E-state index in [1.54, 1.807) is 6.92 Å². The highest BCUT2D eigenvalue weighted by molar-refractivity contribution is 7.89. The van der Waals surface area contributed by atoms with Gasteiger partial charge in [0.15, 0.2) is 0 Å². The van der Waals surface area contributed by atoms with E-state index >= 15 is 0 Å². The summed E-state index contributed by atoms with van der Waals surface area (Å²) < 4.78 is 39.1. The fraction of sp³-hybridized carbons (Fsp3) is 0.364. The van der Waals surface area contributed by atoms with Crippen molar-refractivity contribution in [3.63, 3.8) is 0 Å². The highest BCUT2D eigenvalue weighted by Crippen LogP contribution is 2.15. The van der Waals surface area contributed by atoms with Crippen LogP contribution in [0.15, 0.2) is 23.1 Å². The lowest BCUT2D eigenvalue weighted by Gasteiger charge is -2.10. The molecule has 0 aliphatic rings. The summed E-state index contributed by atoms with van der Waals surface area (Å²) in [5.41, 5.74) is -0.595. The smallest absolute Gasteiger partial charge is 0.338 e.